The zero-order valence-electron chi connectivity index (χ0n) is 17.7. The number of aromatic nitrogens is 2. The first-order valence-electron chi connectivity index (χ1n) is 10.5. The van der Waals surface area contributed by atoms with Crippen LogP contribution in [0, 0.1) is 23.1 Å². The summed E-state index contributed by atoms with van der Waals surface area (Å²) < 4.78 is 21.2. The van der Waals surface area contributed by atoms with E-state index in [0.717, 1.165) is 19.3 Å². The van der Waals surface area contributed by atoms with Crippen LogP contribution in [0.2, 0.25) is 0 Å². The number of halogens is 1. The highest BCUT2D eigenvalue weighted by atomic mass is 19.1. The van der Waals surface area contributed by atoms with Gasteiger partial charge in [0.15, 0.2) is 5.82 Å². The van der Waals surface area contributed by atoms with Crippen LogP contribution < -0.4 is 15.8 Å². The maximum atomic E-state index is 14.3. The summed E-state index contributed by atoms with van der Waals surface area (Å²) in [4.78, 5) is 12.8. The molecule has 2 aromatic carbocycles. The van der Waals surface area contributed by atoms with Crippen molar-refractivity contribution in [3.05, 3.63) is 59.9 Å². The average molecular weight is 433 g/mol. The smallest absolute Gasteiger partial charge is 0.228 e. The van der Waals surface area contributed by atoms with Gasteiger partial charge in [0.1, 0.15) is 17.6 Å². The predicted octanol–water partition coefficient (Wildman–Crippen LogP) is 4.01. The number of carbonyl (C=O) groups is 1. The summed E-state index contributed by atoms with van der Waals surface area (Å²) in [5.74, 6) is 0.172. The second-order valence-corrected chi connectivity index (χ2v) is 7.94. The number of rotatable bonds is 5. The van der Waals surface area contributed by atoms with Crippen LogP contribution in [0.25, 0.3) is 16.9 Å². The molecule has 4 rings (SSSR count). The molecule has 7 nitrogen and oxygen atoms in total. The second kappa shape index (κ2) is 9.20. The molecule has 1 heterocycles. The minimum atomic E-state index is -0.616. The van der Waals surface area contributed by atoms with E-state index < -0.39 is 5.82 Å². The summed E-state index contributed by atoms with van der Waals surface area (Å²) in [6.45, 7) is 0. The summed E-state index contributed by atoms with van der Waals surface area (Å²) >= 11 is 0. The number of hydrogen-bond donors (Lipinski definition) is 2. The maximum Gasteiger partial charge on any atom is 0.228 e. The van der Waals surface area contributed by atoms with Crippen molar-refractivity contribution >= 4 is 11.7 Å². The molecule has 1 aliphatic carbocycles. The number of methoxy groups -OCH3 is 1. The van der Waals surface area contributed by atoms with Crippen LogP contribution in [0.15, 0.2) is 48.5 Å². The summed E-state index contributed by atoms with van der Waals surface area (Å²) in [5, 5.41) is 16.5. The van der Waals surface area contributed by atoms with Gasteiger partial charge in [-0.3, -0.25) is 4.79 Å². The van der Waals surface area contributed by atoms with Gasteiger partial charge in [0.2, 0.25) is 5.91 Å². The Kier molecular flexibility index (Phi) is 6.19. The van der Waals surface area contributed by atoms with Gasteiger partial charge in [0, 0.05) is 23.6 Å². The number of nitriles is 1. The SMILES string of the molecule is COc1ccc(-n2nc(NC(=O)[C@@H]3CCC[C@@H](N)C3)cc2-c2ccc(C#N)c(F)c2)cc1. The Morgan fingerprint density at radius 2 is 2.03 bits per heavy atom. The Morgan fingerprint density at radius 3 is 2.69 bits per heavy atom. The largest absolute Gasteiger partial charge is 0.497 e. The molecule has 0 saturated heterocycles. The molecule has 8 heteroatoms. The number of nitrogens with two attached hydrogens (primary N) is 1. The number of amides is 1. The van der Waals surface area contributed by atoms with Crippen LogP contribution in [0.5, 0.6) is 5.75 Å². The van der Waals surface area contributed by atoms with Crippen molar-refractivity contribution in [2.45, 2.75) is 31.7 Å². The molecule has 1 fully saturated rings. The second-order valence-electron chi connectivity index (χ2n) is 7.94. The Hall–Kier alpha value is -3.70. The number of anilines is 1. The Labute approximate surface area is 185 Å². The summed E-state index contributed by atoms with van der Waals surface area (Å²) in [6.07, 6.45) is 3.31. The first-order valence-corrected chi connectivity index (χ1v) is 10.5. The van der Waals surface area contributed by atoms with E-state index in [1.54, 1.807) is 36.1 Å². The molecule has 164 valence electrons. The van der Waals surface area contributed by atoms with E-state index in [1.165, 1.54) is 12.1 Å². The van der Waals surface area contributed by atoms with Gasteiger partial charge in [-0.05, 0) is 55.7 Å². The summed E-state index contributed by atoms with van der Waals surface area (Å²) in [6, 6.07) is 15.2. The van der Waals surface area contributed by atoms with Crippen LogP contribution in [0.1, 0.15) is 31.2 Å². The quantitative estimate of drug-likeness (QED) is 0.632. The molecule has 1 aliphatic rings. The molecule has 3 N–H and O–H groups in total. The fourth-order valence-corrected chi connectivity index (χ4v) is 4.03. The van der Waals surface area contributed by atoms with E-state index in [9.17, 15) is 9.18 Å². The van der Waals surface area contributed by atoms with Crippen LogP contribution >= 0.6 is 0 Å². The van der Waals surface area contributed by atoms with Crippen molar-refractivity contribution in [2.24, 2.45) is 11.7 Å². The first kappa shape index (κ1) is 21.5. The number of benzene rings is 2. The molecule has 0 unspecified atom stereocenters. The van der Waals surface area contributed by atoms with Crippen molar-refractivity contribution in [1.29, 1.82) is 5.26 Å². The molecule has 1 amide bonds. The Balaban J connectivity index is 1.70. The molecule has 0 bridgehead atoms. The van der Waals surface area contributed by atoms with Crippen LogP contribution in [-0.2, 0) is 4.79 Å². The normalized spacial score (nSPS) is 18.1. The number of nitrogens with zero attached hydrogens (tertiary/aromatic N) is 3. The fourth-order valence-electron chi connectivity index (χ4n) is 4.03. The van der Waals surface area contributed by atoms with Crippen molar-refractivity contribution in [3.8, 4) is 28.8 Å². The third-order valence-electron chi connectivity index (χ3n) is 5.75. The van der Waals surface area contributed by atoms with E-state index >= 15 is 0 Å². The van der Waals surface area contributed by atoms with Crippen LogP contribution in [0.4, 0.5) is 10.2 Å². The lowest BCUT2D eigenvalue weighted by molar-refractivity contribution is -0.120. The monoisotopic (exact) mass is 433 g/mol. The Morgan fingerprint density at radius 1 is 1.25 bits per heavy atom. The minimum absolute atomic E-state index is 0.0357. The molecular formula is C24H24FN5O2. The first-order chi connectivity index (χ1) is 15.5. The molecule has 3 aromatic rings. The van der Waals surface area contributed by atoms with Gasteiger partial charge in [-0.25, -0.2) is 9.07 Å². The fraction of sp³-hybridized carbons (Fsp3) is 0.292. The highest BCUT2D eigenvalue weighted by Gasteiger charge is 2.26. The van der Waals surface area contributed by atoms with Crippen molar-refractivity contribution < 1.29 is 13.9 Å². The lowest BCUT2D eigenvalue weighted by atomic mass is 9.85. The van der Waals surface area contributed by atoms with Crippen LogP contribution in [-0.4, -0.2) is 28.8 Å². The average Bonchev–Trinajstić information content (AvgIpc) is 3.22. The van der Waals surface area contributed by atoms with Crippen molar-refractivity contribution in [2.75, 3.05) is 12.4 Å². The highest BCUT2D eigenvalue weighted by molar-refractivity contribution is 5.92. The standard InChI is InChI=1S/C24H24FN5O2/c1-32-20-9-7-19(8-10-20)30-22(15-5-6-17(14-26)21(25)12-15)13-23(29-30)28-24(31)16-3-2-4-18(27)11-16/h5-10,12-13,16,18H,2-4,11,27H2,1H3,(H,28,29,31)/t16-,18-/m1/s1. The highest BCUT2D eigenvalue weighted by Crippen LogP contribution is 2.30. The van der Waals surface area contributed by atoms with E-state index in [-0.39, 0.29) is 23.4 Å². The van der Waals surface area contributed by atoms with Crippen molar-refractivity contribution in [3.63, 3.8) is 0 Å². The minimum Gasteiger partial charge on any atom is -0.497 e. The number of carbonyl (C=O) groups excluding carboxylic acids is 1. The lowest BCUT2D eigenvalue weighted by Gasteiger charge is -2.25. The van der Waals surface area contributed by atoms with Crippen molar-refractivity contribution in [1.82, 2.24) is 9.78 Å². The summed E-state index contributed by atoms with van der Waals surface area (Å²) in [5.41, 5.74) is 7.82. The molecule has 32 heavy (non-hydrogen) atoms. The summed E-state index contributed by atoms with van der Waals surface area (Å²) in [7, 11) is 1.58. The number of hydrogen-bond acceptors (Lipinski definition) is 5. The molecule has 0 aliphatic heterocycles. The number of nitrogens with one attached hydrogen (secondary N) is 1. The van der Waals surface area contributed by atoms with Gasteiger partial charge >= 0.3 is 0 Å². The van der Waals surface area contributed by atoms with E-state index in [2.05, 4.69) is 10.4 Å². The van der Waals surface area contributed by atoms with E-state index in [4.69, 9.17) is 15.7 Å². The molecule has 1 saturated carbocycles. The third kappa shape index (κ3) is 4.48. The van der Waals surface area contributed by atoms with Gasteiger partial charge in [0.05, 0.1) is 24.1 Å². The topological polar surface area (TPSA) is 106 Å². The van der Waals surface area contributed by atoms with Gasteiger partial charge in [-0.2, -0.15) is 5.26 Å². The molecular weight excluding hydrogens is 409 g/mol. The maximum absolute atomic E-state index is 14.3. The van der Waals surface area contributed by atoms with Gasteiger partial charge in [-0.15, -0.1) is 5.10 Å². The molecule has 0 spiro atoms. The Bertz CT molecular complexity index is 1170. The van der Waals surface area contributed by atoms with Crippen LogP contribution in [0.3, 0.4) is 0 Å². The lowest BCUT2D eigenvalue weighted by Crippen LogP contribution is -2.34. The molecule has 1 aromatic heterocycles. The number of ether oxygens (including phenoxy) is 1. The molecule has 2 atom stereocenters. The van der Waals surface area contributed by atoms with Gasteiger partial charge in [-0.1, -0.05) is 12.5 Å². The molecule has 0 radical (unpaired) electrons. The zero-order valence-corrected chi connectivity index (χ0v) is 17.7. The third-order valence-corrected chi connectivity index (χ3v) is 5.75. The van der Waals surface area contributed by atoms with E-state index in [0.29, 0.717) is 34.9 Å². The van der Waals surface area contributed by atoms with E-state index in [1.807, 2.05) is 18.2 Å². The predicted molar refractivity (Wildman–Crippen MR) is 119 cm³/mol. The van der Waals surface area contributed by atoms with Gasteiger partial charge in [0.25, 0.3) is 0 Å². The van der Waals surface area contributed by atoms with Gasteiger partial charge < -0.3 is 15.8 Å². The zero-order chi connectivity index (χ0) is 22.7.